The highest BCUT2D eigenvalue weighted by atomic mass is 32.2. The third-order valence-electron chi connectivity index (χ3n) is 9.29. The molecule has 4 aliphatic heterocycles. The van der Waals surface area contributed by atoms with Gasteiger partial charge in [0.1, 0.15) is 16.3 Å². The van der Waals surface area contributed by atoms with Gasteiger partial charge in [-0.15, -0.1) is 23.1 Å². The summed E-state index contributed by atoms with van der Waals surface area (Å²) in [6, 6.07) is 4.09. The second-order valence-corrected chi connectivity index (χ2v) is 14.6. The number of nitrogens with one attached hydrogen (secondary N) is 1. The van der Waals surface area contributed by atoms with Gasteiger partial charge in [-0.25, -0.2) is 15.0 Å². The Balaban J connectivity index is 1.07. The van der Waals surface area contributed by atoms with Gasteiger partial charge in [-0.05, 0) is 37.5 Å². The number of anilines is 3. The van der Waals surface area contributed by atoms with E-state index in [0.29, 0.717) is 58.9 Å². The van der Waals surface area contributed by atoms with E-state index in [9.17, 15) is 35.9 Å². The lowest BCUT2D eigenvalue weighted by Crippen LogP contribution is -2.52. The smallest absolute Gasteiger partial charge is 0.377 e. The van der Waals surface area contributed by atoms with E-state index in [1.54, 1.807) is 23.1 Å². The van der Waals surface area contributed by atoms with Crippen LogP contribution in [0.2, 0.25) is 0 Å². The van der Waals surface area contributed by atoms with Crippen LogP contribution in [0.15, 0.2) is 29.3 Å². The molecule has 8 rings (SSSR count). The first-order chi connectivity index (χ1) is 22.8. The summed E-state index contributed by atoms with van der Waals surface area (Å²) in [4.78, 5) is 44.1. The van der Waals surface area contributed by atoms with E-state index in [2.05, 4.69) is 15.3 Å². The monoisotopic (exact) mass is 711 g/mol. The minimum atomic E-state index is -4.93. The van der Waals surface area contributed by atoms with E-state index in [1.165, 1.54) is 11.8 Å². The molecule has 2 unspecified atom stereocenters. The van der Waals surface area contributed by atoms with Gasteiger partial charge in [-0.2, -0.15) is 26.3 Å². The van der Waals surface area contributed by atoms with Crippen molar-refractivity contribution >= 4 is 52.4 Å². The van der Waals surface area contributed by atoms with Crippen molar-refractivity contribution in [1.29, 1.82) is 0 Å². The third kappa shape index (κ3) is 5.64. The quantitative estimate of drug-likeness (QED) is 0.331. The van der Waals surface area contributed by atoms with Gasteiger partial charge in [0.25, 0.3) is 5.91 Å². The van der Waals surface area contributed by atoms with Crippen molar-refractivity contribution in [3.05, 3.63) is 40.5 Å². The Bertz CT molecular complexity index is 1790. The van der Waals surface area contributed by atoms with Crippen LogP contribution in [0.5, 0.6) is 0 Å². The van der Waals surface area contributed by atoms with Crippen LogP contribution in [0.25, 0.3) is 10.6 Å². The number of pyridine rings is 1. The van der Waals surface area contributed by atoms with E-state index < -0.39 is 29.9 Å². The number of rotatable bonds is 6. The maximum absolute atomic E-state index is 14.2. The number of halogens is 6. The van der Waals surface area contributed by atoms with Crippen LogP contribution in [-0.4, -0.2) is 99.5 Å². The van der Waals surface area contributed by atoms with E-state index in [-0.39, 0.29) is 53.5 Å². The fraction of sp³-hybridized carbons (Fsp3) is 0.500. The predicted molar refractivity (Wildman–Crippen MR) is 164 cm³/mol. The molecule has 2 bridgehead atoms. The number of amides is 2. The summed E-state index contributed by atoms with van der Waals surface area (Å²) >= 11 is 2.40. The first kappa shape index (κ1) is 31.6. The molecule has 0 radical (unpaired) electrons. The lowest BCUT2D eigenvalue weighted by atomic mass is 10.2. The fourth-order valence-corrected chi connectivity index (χ4v) is 9.02. The number of likely N-dealkylation sites (tertiary alicyclic amines) is 1. The topological polar surface area (TPSA) is 104 Å². The molecule has 3 saturated heterocycles. The molecule has 0 aromatic carbocycles. The molecule has 1 saturated carbocycles. The summed E-state index contributed by atoms with van der Waals surface area (Å²) in [6.45, 7) is 1.56. The van der Waals surface area contributed by atoms with Crippen LogP contribution in [-0.2, 0) is 15.7 Å². The summed E-state index contributed by atoms with van der Waals surface area (Å²) in [5.41, 5.74) is -0.192. The molecule has 10 nitrogen and oxygen atoms in total. The number of nitrogens with zero attached hydrogens (tertiary/aromatic N) is 6. The molecule has 2 amide bonds. The minimum absolute atomic E-state index is 0.0467. The minimum Gasteiger partial charge on any atom is -0.377 e. The highest BCUT2D eigenvalue weighted by Gasteiger charge is 2.53. The Morgan fingerprint density at radius 2 is 1.79 bits per heavy atom. The van der Waals surface area contributed by atoms with Gasteiger partial charge >= 0.3 is 18.3 Å². The number of carbonyl (C=O) groups is 2. The SMILES string of the molecule is O=C1c2sc(-c3nc(Nc4ccc(N5CC6CC5CN6C(=O)C(F)(F)F)nc4C4CC4)ncc3C(F)(F)F)cc2SCCN1C1COC1. The number of aromatic nitrogens is 3. The van der Waals surface area contributed by atoms with Crippen molar-refractivity contribution < 1.29 is 40.7 Å². The maximum atomic E-state index is 14.2. The normalized spacial score (nSPS) is 23.0. The van der Waals surface area contributed by atoms with Crippen LogP contribution in [0.3, 0.4) is 0 Å². The predicted octanol–water partition coefficient (Wildman–Crippen LogP) is 5.54. The Labute approximate surface area is 277 Å². The zero-order chi connectivity index (χ0) is 33.5. The number of ether oxygens (including phenoxy) is 1. The highest BCUT2D eigenvalue weighted by Crippen LogP contribution is 2.46. The van der Waals surface area contributed by atoms with Gasteiger partial charge in [0.05, 0.1) is 53.3 Å². The van der Waals surface area contributed by atoms with Gasteiger partial charge in [0.15, 0.2) is 0 Å². The lowest BCUT2D eigenvalue weighted by molar-refractivity contribution is -0.186. The molecule has 1 aliphatic carbocycles. The molecule has 3 aromatic rings. The zero-order valence-electron chi connectivity index (χ0n) is 25.0. The molecule has 48 heavy (non-hydrogen) atoms. The van der Waals surface area contributed by atoms with Gasteiger partial charge in [-0.1, -0.05) is 0 Å². The van der Waals surface area contributed by atoms with Crippen molar-refractivity contribution in [3.8, 4) is 10.6 Å². The van der Waals surface area contributed by atoms with Gasteiger partial charge in [-0.3, -0.25) is 9.59 Å². The van der Waals surface area contributed by atoms with Crippen molar-refractivity contribution in [2.24, 2.45) is 0 Å². The highest BCUT2D eigenvalue weighted by molar-refractivity contribution is 7.99. The van der Waals surface area contributed by atoms with Crippen LogP contribution >= 0.6 is 23.1 Å². The molecule has 7 heterocycles. The van der Waals surface area contributed by atoms with E-state index in [0.717, 1.165) is 35.3 Å². The van der Waals surface area contributed by atoms with Crippen LogP contribution in [0.1, 0.15) is 46.1 Å². The number of piperazine rings is 1. The summed E-state index contributed by atoms with van der Waals surface area (Å²) in [5.74, 6) is -0.883. The average Bonchev–Trinajstić information content (AvgIpc) is 3.50. The molecule has 18 heteroatoms. The molecule has 3 aromatic heterocycles. The average molecular weight is 712 g/mol. The zero-order valence-corrected chi connectivity index (χ0v) is 26.6. The largest absolute Gasteiger partial charge is 0.471 e. The number of fused-ring (bicyclic) bond motifs is 3. The van der Waals surface area contributed by atoms with E-state index in [1.807, 2.05) is 4.90 Å². The van der Waals surface area contributed by atoms with E-state index >= 15 is 0 Å². The Morgan fingerprint density at radius 3 is 2.44 bits per heavy atom. The number of hydrogen-bond acceptors (Lipinski definition) is 10. The van der Waals surface area contributed by atoms with Crippen LogP contribution < -0.4 is 10.2 Å². The molecule has 1 N–H and O–H groups in total. The summed E-state index contributed by atoms with van der Waals surface area (Å²) in [6.07, 6.45) is -6.84. The summed E-state index contributed by atoms with van der Waals surface area (Å²) in [5, 5.41) is 3.05. The van der Waals surface area contributed by atoms with E-state index in [4.69, 9.17) is 9.72 Å². The molecule has 2 atom stereocenters. The Hall–Kier alpha value is -3.64. The Kier molecular flexibility index (Phi) is 7.56. The molecule has 254 valence electrons. The first-order valence-electron chi connectivity index (χ1n) is 15.4. The molecular weight excluding hydrogens is 684 g/mol. The summed E-state index contributed by atoms with van der Waals surface area (Å²) in [7, 11) is 0. The first-order valence-corrected chi connectivity index (χ1v) is 17.2. The van der Waals surface area contributed by atoms with Crippen molar-refractivity contribution in [1.82, 2.24) is 24.8 Å². The standard InChI is InChI=1S/C30H27F6N7O3S2/c31-29(32,33)18-9-37-28(40-24(18)20-8-21-25(48-20)26(44)41(5-6-47-21)17-12-46-13-17)38-19-3-4-22(39-23(19)14-1-2-14)42-10-16-7-15(42)11-43(16)27(45)30(34,35)36/h3-4,8-9,14-17H,1-2,5-7,10-13H2,(H,37,38,40). The van der Waals surface area contributed by atoms with Crippen molar-refractivity contribution in [3.63, 3.8) is 0 Å². The number of thiophene rings is 1. The molecule has 0 spiro atoms. The number of alkyl halides is 6. The van der Waals surface area contributed by atoms with Gasteiger partial charge in [0, 0.05) is 42.4 Å². The van der Waals surface area contributed by atoms with Gasteiger partial charge < -0.3 is 24.8 Å². The molecule has 5 aliphatic rings. The van der Waals surface area contributed by atoms with Crippen LogP contribution in [0.4, 0.5) is 43.8 Å². The number of thioether (sulfide) groups is 1. The number of carbonyl (C=O) groups excluding carboxylic acids is 2. The summed E-state index contributed by atoms with van der Waals surface area (Å²) < 4.78 is 87.0. The lowest BCUT2D eigenvalue weighted by Gasteiger charge is -2.36. The third-order valence-corrected chi connectivity index (χ3v) is 11.6. The maximum Gasteiger partial charge on any atom is 0.471 e. The number of hydrogen-bond donors (Lipinski definition) is 1. The molecule has 4 fully saturated rings. The Morgan fingerprint density at radius 1 is 1.00 bits per heavy atom. The molecular formula is C30H27F6N7O3S2. The van der Waals surface area contributed by atoms with Crippen LogP contribution in [0, 0.1) is 0 Å². The van der Waals surface area contributed by atoms with Crippen molar-refractivity contribution in [2.45, 2.75) is 60.6 Å². The van der Waals surface area contributed by atoms with Crippen molar-refractivity contribution in [2.75, 3.05) is 48.8 Å². The fourth-order valence-electron chi connectivity index (χ4n) is 6.70. The van der Waals surface area contributed by atoms with Gasteiger partial charge in [0.2, 0.25) is 5.95 Å². The second kappa shape index (κ2) is 11.5. The second-order valence-electron chi connectivity index (χ2n) is 12.4.